The number of aromatic nitrogens is 2. The van der Waals surface area contributed by atoms with Crippen molar-refractivity contribution in [2.24, 2.45) is 0 Å². The number of hydrogen-bond acceptors (Lipinski definition) is 4. The van der Waals surface area contributed by atoms with Gasteiger partial charge in [0.15, 0.2) is 0 Å². The first-order valence-electron chi connectivity index (χ1n) is 6.49. The SMILES string of the molecule is Cc1ccnc(N(CCO)CCc2ccccc2)n1. The second kappa shape index (κ2) is 6.85. The minimum absolute atomic E-state index is 0.103. The molecule has 4 nitrogen and oxygen atoms in total. The Morgan fingerprint density at radius 1 is 1.11 bits per heavy atom. The van der Waals surface area contributed by atoms with Crippen molar-refractivity contribution >= 4 is 5.95 Å². The van der Waals surface area contributed by atoms with Crippen LogP contribution in [0.3, 0.4) is 0 Å². The van der Waals surface area contributed by atoms with Crippen LogP contribution in [0, 0.1) is 6.92 Å². The summed E-state index contributed by atoms with van der Waals surface area (Å²) in [5.41, 5.74) is 2.21. The number of nitrogens with zero attached hydrogens (tertiary/aromatic N) is 3. The number of rotatable bonds is 6. The van der Waals surface area contributed by atoms with Gasteiger partial charge in [0, 0.05) is 25.0 Å². The highest BCUT2D eigenvalue weighted by Gasteiger charge is 2.09. The average Bonchev–Trinajstić information content (AvgIpc) is 2.44. The zero-order chi connectivity index (χ0) is 13.5. The largest absolute Gasteiger partial charge is 0.395 e. The molecule has 0 saturated heterocycles. The molecule has 0 amide bonds. The molecule has 0 fully saturated rings. The Morgan fingerprint density at radius 3 is 2.58 bits per heavy atom. The molecule has 2 aromatic rings. The van der Waals surface area contributed by atoms with Gasteiger partial charge < -0.3 is 10.0 Å². The van der Waals surface area contributed by atoms with Gasteiger partial charge in [0.05, 0.1) is 6.61 Å². The quantitative estimate of drug-likeness (QED) is 0.857. The van der Waals surface area contributed by atoms with Crippen molar-refractivity contribution in [2.45, 2.75) is 13.3 Å². The molecule has 0 aliphatic heterocycles. The minimum atomic E-state index is 0.103. The Kier molecular flexibility index (Phi) is 4.86. The number of hydrogen-bond donors (Lipinski definition) is 1. The highest BCUT2D eigenvalue weighted by Crippen LogP contribution is 2.09. The Balaban J connectivity index is 2.04. The summed E-state index contributed by atoms with van der Waals surface area (Å²) in [6.07, 6.45) is 2.67. The lowest BCUT2D eigenvalue weighted by Crippen LogP contribution is -2.30. The molecule has 0 bridgehead atoms. The molecule has 1 aromatic carbocycles. The van der Waals surface area contributed by atoms with Gasteiger partial charge >= 0.3 is 0 Å². The van der Waals surface area contributed by atoms with Gasteiger partial charge in [-0.15, -0.1) is 0 Å². The van der Waals surface area contributed by atoms with E-state index in [0.717, 1.165) is 18.7 Å². The first-order valence-corrected chi connectivity index (χ1v) is 6.49. The second-order valence-electron chi connectivity index (χ2n) is 4.44. The summed E-state index contributed by atoms with van der Waals surface area (Å²) in [4.78, 5) is 10.7. The van der Waals surface area contributed by atoms with Crippen LogP contribution in [0.1, 0.15) is 11.3 Å². The summed E-state index contributed by atoms with van der Waals surface area (Å²) in [5.74, 6) is 0.685. The van der Waals surface area contributed by atoms with E-state index in [-0.39, 0.29) is 6.61 Å². The molecule has 2 rings (SSSR count). The van der Waals surface area contributed by atoms with E-state index in [9.17, 15) is 0 Å². The predicted molar refractivity (Wildman–Crippen MR) is 76.2 cm³/mol. The molecule has 0 unspecified atom stereocenters. The van der Waals surface area contributed by atoms with Crippen molar-refractivity contribution in [3.8, 4) is 0 Å². The van der Waals surface area contributed by atoms with E-state index in [4.69, 9.17) is 5.11 Å². The summed E-state index contributed by atoms with van der Waals surface area (Å²) < 4.78 is 0. The Hall–Kier alpha value is -1.94. The van der Waals surface area contributed by atoms with Crippen molar-refractivity contribution in [1.82, 2.24) is 9.97 Å². The van der Waals surface area contributed by atoms with E-state index in [1.807, 2.05) is 36.1 Å². The fourth-order valence-electron chi connectivity index (χ4n) is 1.93. The molecule has 0 aliphatic rings. The maximum absolute atomic E-state index is 9.17. The lowest BCUT2D eigenvalue weighted by molar-refractivity contribution is 0.301. The first-order chi connectivity index (χ1) is 9.29. The molecule has 1 N–H and O–H groups in total. The third-order valence-electron chi connectivity index (χ3n) is 2.95. The van der Waals surface area contributed by atoms with Crippen LogP contribution >= 0.6 is 0 Å². The molecule has 4 heteroatoms. The van der Waals surface area contributed by atoms with Crippen LogP contribution < -0.4 is 4.90 Å². The Morgan fingerprint density at radius 2 is 1.89 bits per heavy atom. The van der Waals surface area contributed by atoms with Gasteiger partial charge in [-0.1, -0.05) is 30.3 Å². The molecule has 1 heterocycles. The maximum Gasteiger partial charge on any atom is 0.225 e. The van der Waals surface area contributed by atoms with Gasteiger partial charge in [0.1, 0.15) is 0 Å². The number of anilines is 1. The van der Waals surface area contributed by atoms with Crippen LogP contribution in [0.15, 0.2) is 42.6 Å². The fraction of sp³-hybridized carbons (Fsp3) is 0.333. The van der Waals surface area contributed by atoms with Gasteiger partial charge in [0.2, 0.25) is 5.95 Å². The van der Waals surface area contributed by atoms with Crippen LogP contribution in [0.5, 0.6) is 0 Å². The topological polar surface area (TPSA) is 49.2 Å². The summed E-state index contributed by atoms with van der Waals surface area (Å²) >= 11 is 0. The molecule has 0 aliphatic carbocycles. The van der Waals surface area contributed by atoms with Crippen LogP contribution in [-0.2, 0) is 6.42 Å². The van der Waals surface area contributed by atoms with E-state index < -0.39 is 0 Å². The lowest BCUT2D eigenvalue weighted by Gasteiger charge is -2.21. The molecule has 0 atom stereocenters. The van der Waals surface area contributed by atoms with Crippen molar-refractivity contribution < 1.29 is 5.11 Å². The van der Waals surface area contributed by atoms with Crippen LogP contribution in [0.2, 0.25) is 0 Å². The summed E-state index contributed by atoms with van der Waals surface area (Å²) in [6, 6.07) is 12.2. The third-order valence-corrected chi connectivity index (χ3v) is 2.95. The number of aryl methyl sites for hydroxylation is 1. The number of aliphatic hydroxyl groups is 1. The summed E-state index contributed by atoms with van der Waals surface area (Å²) in [6.45, 7) is 3.40. The van der Waals surface area contributed by atoms with Crippen LogP contribution in [0.4, 0.5) is 5.95 Å². The summed E-state index contributed by atoms with van der Waals surface area (Å²) in [7, 11) is 0. The summed E-state index contributed by atoms with van der Waals surface area (Å²) in [5, 5.41) is 9.17. The minimum Gasteiger partial charge on any atom is -0.395 e. The number of benzene rings is 1. The van der Waals surface area contributed by atoms with E-state index in [0.29, 0.717) is 12.5 Å². The molecule has 0 spiro atoms. The highest BCUT2D eigenvalue weighted by atomic mass is 16.3. The molecule has 100 valence electrons. The van der Waals surface area contributed by atoms with E-state index in [2.05, 4.69) is 22.1 Å². The molecular formula is C15H19N3O. The smallest absolute Gasteiger partial charge is 0.225 e. The first kappa shape index (κ1) is 13.5. The zero-order valence-corrected chi connectivity index (χ0v) is 11.2. The predicted octanol–water partition coefficient (Wildman–Crippen LogP) is 1.83. The Labute approximate surface area is 113 Å². The standard InChI is InChI=1S/C15H19N3O/c1-13-7-9-16-15(17-13)18(11-12-19)10-8-14-5-3-2-4-6-14/h2-7,9,19H,8,10-12H2,1H3. The average molecular weight is 257 g/mol. The number of aliphatic hydroxyl groups excluding tert-OH is 1. The van der Waals surface area contributed by atoms with Gasteiger partial charge in [-0.3, -0.25) is 0 Å². The normalized spacial score (nSPS) is 10.4. The molecule has 0 saturated carbocycles. The van der Waals surface area contributed by atoms with Gasteiger partial charge in [-0.25, -0.2) is 9.97 Å². The van der Waals surface area contributed by atoms with E-state index >= 15 is 0 Å². The van der Waals surface area contributed by atoms with E-state index in [1.54, 1.807) is 6.20 Å². The van der Waals surface area contributed by atoms with Crippen molar-refractivity contribution in [2.75, 3.05) is 24.6 Å². The zero-order valence-electron chi connectivity index (χ0n) is 11.2. The van der Waals surface area contributed by atoms with E-state index in [1.165, 1.54) is 5.56 Å². The lowest BCUT2D eigenvalue weighted by atomic mass is 10.1. The van der Waals surface area contributed by atoms with Gasteiger partial charge in [-0.05, 0) is 25.0 Å². The van der Waals surface area contributed by atoms with Gasteiger partial charge in [-0.2, -0.15) is 0 Å². The fourth-order valence-corrected chi connectivity index (χ4v) is 1.93. The highest BCUT2D eigenvalue weighted by molar-refractivity contribution is 5.30. The van der Waals surface area contributed by atoms with Crippen molar-refractivity contribution in [3.63, 3.8) is 0 Å². The molecule has 1 aromatic heterocycles. The third kappa shape index (κ3) is 4.03. The molecule has 0 radical (unpaired) electrons. The van der Waals surface area contributed by atoms with Crippen LogP contribution in [-0.4, -0.2) is 34.8 Å². The monoisotopic (exact) mass is 257 g/mol. The second-order valence-corrected chi connectivity index (χ2v) is 4.44. The molecular weight excluding hydrogens is 238 g/mol. The van der Waals surface area contributed by atoms with Crippen molar-refractivity contribution in [3.05, 3.63) is 53.9 Å². The van der Waals surface area contributed by atoms with Crippen LogP contribution in [0.25, 0.3) is 0 Å². The Bertz CT molecular complexity index is 502. The van der Waals surface area contributed by atoms with Gasteiger partial charge in [0.25, 0.3) is 0 Å². The molecule has 19 heavy (non-hydrogen) atoms. The maximum atomic E-state index is 9.17. The van der Waals surface area contributed by atoms with Crippen molar-refractivity contribution in [1.29, 1.82) is 0 Å².